The number of ether oxygens (including phenoxy) is 1. The van der Waals surface area contributed by atoms with E-state index in [1.807, 2.05) is 46.1 Å². The van der Waals surface area contributed by atoms with Gasteiger partial charge in [0.15, 0.2) is 5.13 Å². The van der Waals surface area contributed by atoms with E-state index in [0.717, 1.165) is 62.5 Å². The monoisotopic (exact) mass is 592 g/mol. The second kappa shape index (κ2) is 10.4. The number of hydrogen-bond donors (Lipinski definition) is 1. The lowest BCUT2D eigenvalue weighted by Crippen LogP contribution is -2.33. The summed E-state index contributed by atoms with van der Waals surface area (Å²) in [5, 5.41) is 8.47. The Labute approximate surface area is 232 Å². The molecule has 3 aromatic heterocycles. The Kier molecular flexibility index (Phi) is 6.81. The Morgan fingerprint density at radius 2 is 2.05 bits per heavy atom. The molecule has 4 aromatic rings. The summed E-state index contributed by atoms with van der Waals surface area (Å²) in [6, 6.07) is 9.55. The van der Waals surface area contributed by atoms with Crippen LogP contribution in [0, 0.1) is 0 Å². The van der Waals surface area contributed by atoms with Crippen molar-refractivity contribution >= 4 is 44.2 Å². The summed E-state index contributed by atoms with van der Waals surface area (Å²) in [4.78, 5) is 36.7. The van der Waals surface area contributed by atoms with Crippen molar-refractivity contribution in [1.82, 2.24) is 24.6 Å². The molecule has 0 bridgehead atoms. The summed E-state index contributed by atoms with van der Waals surface area (Å²) in [6.07, 6.45) is 5.92. The van der Waals surface area contributed by atoms with E-state index in [-0.39, 0.29) is 11.8 Å². The molecule has 0 saturated carbocycles. The van der Waals surface area contributed by atoms with E-state index >= 15 is 0 Å². The zero-order chi connectivity index (χ0) is 26.2. The first kappa shape index (κ1) is 24.9. The van der Waals surface area contributed by atoms with Gasteiger partial charge in [-0.05, 0) is 65.5 Å². The average Bonchev–Trinajstić information content (AvgIpc) is 3.38. The molecule has 1 aliphatic heterocycles. The highest BCUT2D eigenvalue weighted by molar-refractivity contribution is 9.10. The zero-order valence-corrected chi connectivity index (χ0v) is 23.1. The van der Waals surface area contributed by atoms with E-state index < -0.39 is 0 Å². The van der Waals surface area contributed by atoms with Crippen LogP contribution in [-0.4, -0.2) is 62.8 Å². The lowest BCUT2D eigenvalue weighted by atomic mass is 9.95. The van der Waals surface area contributed by atoms with Crippen LogP contribution in [0.15, 0.2) is 47.2 Å². The number of benzene rings is 1. The van der Waals surface area contributed by atoms with Gasteiger partial charge in [0, 0.05) is 60.2 Å². The van der Waals surface area contributed by atoms with Gasteiger partial charge in [0.2, 0.25) is 5.91 Å². The minimum Gasteiger partial charge on any atom is -0.380 e. The second-order valence-corrected chi connectivity index (χ2v) is 11.1. The summed E-state index contributed by atoms with van der Waals surface area (Å²) in [5.74, 6) is -0.161. The molecule has 0 radical (unpaired) electrons. The number of rotatable bonds is 4. The Bertz CT molecular complexity index is 1530. The fourth-order valence-corrected chi connectivity index (χ4v) is 6.59. The van der Waals surface area contributed by atoms with Gasteiger partial charge < -0.3 is 15.0 Å². The smallest absolute Gasteiger partial charge is 0.253 e. The number of aromatic nitrogens is 4. The summed E-state index contributed by atoms with van der Waals surface area (Å²) in [7, 11) is 0. The van der Waals surface area contributed by atoms with Crippen molar-refractivity contribution < 1.29 is 14.3 Å². The molecule has 1 fully saturated rings. The number of halogens is 1. The number of nitrogens with one attached hydrogen (secondary N) is 1. The molecule has 9 nitrogen and oxygen atoms in total. The lowest BCUT2D eigenvalue weighted by molar-refractivity contribution is -0.114. The standard InChI is InChI=1S/C27H25BrN6O3S/c1-16(35)30-27-31-21-7-6-19-23(18-4-2-9-29-15-18)32-34(24(19)25(21)38-27)22-8-5-17(14-20(22)28)26(36)33-10-3-12-37-13-11-33/h2,4-5,8-9,14-15H,3,6-7,10-13H2,1H3,(H,30,31,35). The summed E-state index contributed by atoms with van der Waals surface area (Å²) in [5.41, 5.74) is 6.23. The highest BCUT2D eigenvalue weighted by Crippen LogP contribution is 2.44. The number of carbonyl (C=O) groups is 2. The van der Waals surface area contributed by atoms with Gasteiger partial charge in [0.1, 0.15) is 0 Å². The van der Waals surface area contributed by atoms with Gasteiger partial charge >= 0.3 is 0 Å². The molecule has 1 aromatic carbocycles. The molecule has 0 unspecified atom stereocenters. The molecule has 2 amide bonds. The molecule has 4 heterocycles. The topological polar surface area (TPSA) is 102 Å². The van der Waals surface area contributed by atoms with E-state index in [9.17, 15) is 9.59 Å². The molecule has 0 spiro atoms. The number of anilines is 1. The Morgan fingerprint density at radius 3 is 2.84 bits per heavy atom. The maximum Gasteiger partial charge on any atom is 0.253 e. The first-order valence-corrected chi connectivity index (χ1v) is 14.1. The second-order valence-electron chi connectivity index (χ2n) is 9.23. The maximum atomic E-state index is 13.2. The summed E-state index contributed by atoms with van der Waals surface area (Å²) >= 11 is 5.18. The molecule has 0 atom stereocenters. The predicted octanol–water partition coefficient (Wildman–Crippen LogP) is 4.74. The molecule has 1 aliphatic carbocycles. The average molecular weight is 594 g/mol. The van der Waals surface area contributed by atoms with E-state index in [1.165, 1.54) is 18.3 Å². The van der Waals surface area contributed by atoms with E-state index in [2.05, 4.69) is 31.2 Å². The number of nitrogens with zero attached hydrogens (tertiary/aromatic N) is 5. The normalized spacial score (nSPS) is 14.9. The first-order valence-electron chi connectivity index (χ1n) is 12.5. The Hall–Kier alpha value is -3.41. The zero-order valence-electron chi connectivity index (χ0n) is 20.7. The SMILES string of the molecule is CC(=O)Nc1nc2c(s1)-c1c(c(-c3cccnc3)nn1-c1ccc(C(=O)N3CCCOCC3)cc1Br)CC2. The fraction of sp³-hybridized carbons (Fsp3) is 0.296. The van der Waals surface area contributed by atoms with Gasteiger partial charge in [0.25, 0.3) is 5.91 Å². The molecular formula is C27H25BrN6O3S. The minimum atomic E-state index is -0.153. The molecule has 1 N–H and O–H groups in total. The number of hydrogen-bond acceptors (Lipinski definition) is 7. The highest BCUT2D eigenvalue weighted by Gasteiger charge is 2.31. The van der Waals surface area contributed by atoms with Crippen LogP contribution in [0.2, 0.25) is 0 Å². The van der Waals surface area contributed by atoms with Gasteiger partial charge in [0.05, 0.1) is 34.3 Å². The van der Waals surface area contributed by atoms with E-state index in [0.29, 0.717) is 37.0 Å². The van der Waals surface area contributed by atoms with Gasteiger partial charge in [-0.25, -0.2) is 9.67 Å². The number of amides is 2. The third-order valence-corrected chi connectivity index (χ3v) is 8.31. The van der Waals surface area contributed by atoms with Crippen LogP contribution >= 0.6 is 27.3 Å². The van der Waals surface area contributed by atoms with Crippen molar-refractivity contribution in [3.8, 4) is 27.5 Å². The molecule has 2 aliphatic rings. The fourth-order valence-electron chi connectivity index (χ4n) is 4.93. The van der Waals surface area contributed by atoms with Crippen molar-refractivity contribution in [2.75, 3.05) is 31.6 Å². The van der Waals surface area contributed by atoms with Crippen LogP contribution in [0.25, 0.3) is 27.5 Å². The van der Waals surface area contributed by atoms with Crippen LogP contribution in [0.5, 0.6) is 0 Å². The van der Waals surface area contributed by atoms with Crippen LogP contribution < -0.4 is 5.32 Å². The number of thiazole rings is 1. The molecule has 6 rings (SSSR count). The summed E-state index contributed by atoms with van der Waals surface area (Å²) in [6.45, 7) is 3.99. The van der Waals surface area contributed by atoms with Crippen molar-refractivity contribution in [3.63, 3.8) is 0 Å². The number of fused-ring (bicyclic) bond motifs is 3. The lowest BCUT2D eigenvalue weighted by Gasteiger charge is -2.20. The largest absolute Gasteiger partial charge is 0.380 e. The molecule has 38 heavy (non-hydrogen) atoms. The quantitative estimate of drug-likeness (QED) is 0.367. The Morgan fingerprint density at radius 1 is 1.16 bits per heavy atom. The van der Waals surface area contributed by atoms with Crippen LogP contribution in [0.4, 0.5) is 5.13 Å². The van der Waals surface area contributed by atoms with Crippen molar-refractivity contribution in [3.05, 3.63) is 64.0 Å². The van der Waals surface area contributed by atoms with Crippen molar-refractivity contribution in [2.45, 2.75) is 26.2 Å². The Balaban J connectivity index is 1.45. The maximum absolute atomic E-state index is 13.2. The van der Waals surface area contributed by atoms with Crippen molar-refractivity contribution in [2.24, 2.45) is 0 Å². The van der Waals surface area contributed by atoms with Crippen molar-refractivity contribution in [1.29, 1.82) is 0 Å². The molecule has 11 heteroatoms. The predicted molar refractivity (Wildman–Crippen MR) is 149 cm³/mol. The van der Waals surface area contributed by atoms with Gasteiger partial charge in [-0.3, -0.25) is 14.6 Å². The summed E-state index contributed by atoms with van der Waals surface area (Å²) < 4.78 is 8.19. The van der Waals surface area contributed by atoms with E-state index in [1.54, 1.807) is 6.20 Å². The molecule has 194 valence electrons. The van der Waals surface area contributed by atoms with E-state index in [4.69, 9.17) is 9.84 Å². The third-order valence-electron chi connectivity index (χ3n) is 6.66. The number of aryl methyl sites for hydroxylation is 1. The van der Waals surface area contributed by atoms with Gasteiger partial charge in [-0.1, -0.05) is 11.3 Å². The minimum absolute atomic E-state index is 0.00835. The third kappa shape index (κ3) is 4.65. The molecular weight excluding hydrogens is 568 g/mol. The van der Waals surface area contributed by atoms with Gasteiger partial charge in [-0.15, -0.1) is 0 Å². The van der Waals surface area contributed by atoms with Gasteiger partial charge in [-0.2, -0.15) is 5.10 Å². The first-order chi connectivity index (χ1) is 18.5. The number of carbonyl (C=O) groups excluding carboxylic acids is 2. The van der Waals surface area contributed by atoms with Crippen LogP contribution in [0.1, 0.15) is 35.0 Å². The molecule has 1 saturated heterocycles. The van der Waals surface area contributed by atoms with Crippen LogP contribution in [0.3, 0.4) is 0 Å². The number of pyridine rings is 1. The highest BCUT2D eigenvalue weighted by atomic mass is 79.9. The van der Waals surface area contributed by atoms with Crippen LogP contribution in [-0.2, 0) is 22.4 Å².